The molecule has 85 heavy (non-hydrogen) atoms. The van der Waals surface area contributed by atoms with Crippen LogP contribution in [0.3, 0.4) is 0 Å². The van der Waals surface area contributed by atoms with Crippen molar-refractivity contribution >= 4 is 76.5 Å². The Hall–Kier alpha value is -7.38. The van der Waals surface area contributed by atoms with E-state index in [-0.39, 0.29) is 45.2 Å². The number of phenols is 2. The Morgan fingerprint density at radius 2 is 0.871 bits per heavy atom. The van der Waals surface area contributed by atoms with E-state index in [0.717, 1.165) is 159 Å². The molecule has 2 aliphatic rings. The van der Waals surface area contributed by atoms with Gasteiger partial charge in [0.15, 0.2) is 23.1 Å². The number of aromatic nitrogens is 2. The first-order chi connectivity index (χ1) is 40.7. The second-order valence-corrected chi connectivity index (χ2v) is 27.9. The molecule has 0 fully saturated rings. The topological polar surface area (TPSA) is 110 Å². The zero-order chi connectivity index (χ0) is 60.1. The van der Waals surface area contributed by atoms with Crippen molar-refractivity contribution in [1.29, 1.82) is 0 Å². The van der Waals surface area contributed by atoms with Crippen LogP contribution in [0.5, 0.6) is 23.0 Å². The summed E-state index contributed by atoms with van der Waals surface area (Å²) in [5, 5.41) is 34.4. The van der Waals surface area contributed by atoms with Crippen LogP contribution in [0.1, 0.15) is 240 Å². The second-order valence-electron chi connectivity index (χ2n) is 27.9. The first-order valence-electron chi connectivity index (χ1n) is 32.2. The van der Waals surface area contributed by atoms with Gasteiger partial charge in [-0.15, -0.1) is 0 Å². The molecule has 7 heteroatoms. The van der Waals surface area contributed by atoms with Gasteiger partial charge >= 0.3 is 0 Å². The number of para-hydroxylation sites is 1. The van der Waals surface area contributed by atoms with Crippen molar-refractivity contribution in [1.82, 2.24) is 9.97 Å². The van der Waals surface area contributed by atoms with Crippen LogP contribution in [0, 0.1) is 0 Å². The third-order valence-corrected chi connectivity index (χ3v) is 20.0. The molecule has 2 heterocycles. The molecule has 2 N–H and O–H groups in total. The molecule has 0 saturated carbocycles. The number of hydrogen-bond donors (Lipinski definition) is 2. The average Bonchev–Trinajstić information content (AvgIpc) is 0.717. The molecule has 438 valence electrons. The fourth-order valence-corrected chi connectivity index (χ4v) is 15.5. The van der Waals surface area contributed by atoms with Crippen molar-refractivity contribution in [3.63, 3.8) is 0 Å². The number of ether oxygens (including phenoxy) is 1. The lowest BCUT2D eigenvalue weighted by Gasteiger charge is -2.36. The van der Waals surface area contributed by atoms with Crippen molar-refractivity contribution in [2.75, 3.05) is 0 Å². The average molecular weight is 1130 g/mol. The van der Waals surface area contributed by atoms with E-state index in [2.05, 4.69) is 138 Å². The molecule has 0 saturated heterocycles. The molecule has 0 spiro atoms. The number of rotatable bonds is 22. The minimum absolute atomic E-state index is 0.0150. The largest absolute Gasteiger partial charge is 0.503 e. The number of ketones is 2. The number of carbonyl (C=O) groups is 2. The summed E-state index contributed by atoms with van der Waals surface area (Å²) in [7, 11) is 0. The van der Waals surface area contributed by atoms with E-state index in [4.69, 9.17) is 14.7 Å². The van der Waals surface area contributed by atoms with Crippen molar-refractivity contribution < 1.29 is 24.5 Å². The Morgan fingerprint density at radius 1 is 0.412 bits per heavy atom. The molecule has 0 bridgehead atoms. The Labute approximate surface area is 503 Å². The number of pyridine rings is 2. The summed E-state index contributed by atoms with van der Waals surface area (Å²) in [5.41, 5.74) is 9.58. The molecule has 2 aromatic heterocycles. The molecule has 0 unspecified atom stereocenters. The molecule has 7 nitrogen and oxygen atoms in total. The summed E-state index contributed by atoms with van der Waals surface area (Å²) in [4.78, 5) is 42.7. The Morgan fingerprint density at radius 3 is 1.40 bits per heavy atom. The summed E-state index contributed by atoms with van der Waals surface area (Å²) in [6, 6.07) is 33.1. The standard InChI is InChI=1S/C78H86N2O5/c1-13-17-24-40-75(5,6)56-39-30-45-44-55-67(79-66(45)63(56)76(7,8)41-25-18-14-2)51-35-31-47-50-34-38-54-60-52(36-32-48(58(50)60)49-33-37-53(70(55)81)59(51)57(47)49)68-62(71(54)82)64(77(9,10)42-26-19-15-3)61-65(78(11,12)43-27-20-16-4)74(73(84)72(83)69(61)80-68)85-46-28-22-21-23-29-46/h21-23,28-39,44,83-84H,13-20,24-27,40-43H2,1-12H3. The number of hydrogen-bond acceptors (Lipinski definition) is 7. The molecule has 0 radical (unpaired) electrons. The Balaban J connectivity index is 1.11. The third-order valence-electron chi connectivity index (χ3n) is 20.0. The van der Waals surface area contributed by atoms with Crippen LogP contribution in [0.2, 0.25) is 0 Å². The monoisotopic (exact) mass is 1130 g/mol. The van der Waals surface area contributed by atoms with E-state index in [9.17, 15) is 10.2 Å². The van der Waals surface area contributed by atoms with Gasteiger partial charge in [0, 0.05) is 54.9 Å². The van der Waals surface area contributed by atoms with E-state index in [1.807, 2.05) is 42.5 Å². The highest BCUT2D eigenvalue weighted by Gasteiger charge is 2.43. The van der Waals surface area contributed by atoms with E-state index >= 15 is 9.59 Å². The highest BCUT2D eigenvalue weighted by Crippen LogP contribution is 2.58. The quantitative estimate of drug-likeness (QED) is 0.0301. The SMILES string of the molecule is CCCCCC(C)(C)c1ccc2cc3c(nc2c1C(C)(C)CCCCC)-c1ccc2c4ccc5c6c(ccc(c7ccc(c1c27)C3=O)c64)-c1nc2c(O)c(O)c(Oc3ccccc3)c(C(C)(C)CCCCC)c2c(C(C)(C)CCCCC)c1C5=O. The molecule has 2 aliphatic carbocycles. The normalized spacial score (nSPS) is 13.6. The second kappa shape index (κ2) is 21.8. The van der Waals surface area contributed by atoms with E-state index in [1.54, 1.807) is 0 Å². The molecular formula is C78H86N2O5. The molecule has 0 amide bonds. The van der Waals surface area contributed by atoms with Gasteiger partial charge in [0.05, 0.1) is 22.5 Å². The molecule has 0 atom stereocenters. The third kappa shape index (κ3) is 9.35. The Kier molecular flexibility index (Phi) is 14.9. The predicted octanol–water partition coefficient (Wildman–Crippen LogP) is 21.9. The smallest absolute Gasteiger partial charge is 0.203 e. The lowest BCUT2D eigenvalue weighted by atomic mass is 9.68. The van der Waals surface area contributed by atoms with Gasteiger partial charge in [-0.2, -0.15) is 0 Å². The number of aromatic hydroxyl groups is 2. The van der Waals surface area contributed by atoms with E-state index in [0.29, 0.717) is 39.1 Å². The van der Waals surface area contributed by atoms with Gasteiger partial charge in [-0.05, 0) is 127 Å². The fraction of sp³-hybridized carbons (Fsp3) is 0.410. The van der Waals surface area contributed by atoms with Gasteiger partial charge in [0.25, 0.3) is 0 Å². The number of phenolic OH excluding ortho intramolecular Hbond substituents is 2. The van der Waals surface area contributed by atoms with Crippen molar-refractivity contribution in [3.05, 3.63) is 142 Å². The van der Waals surface area contributed by atoms with Gasteiger partial charge < -0.3 is 14.9 Å². The van der Waals surface area contributed by atoms with Gasteiger partial charge in [-0.3, -0.25) is 9.59 Å². The summed E-state index contributed by atoms with van der Waals surface area (Å²) >= 11 is 0. The highest BCUT2D eigenvalue weighted by atomic mass is 16.5. The summed E-state index contributed by atoms with van der Waals surface area (Å²) < 4.78 is 6.74. The summed E-state index contributed by atoms with van der Waals surface area (Å²) in [5.74, 6) is -0.131. The number of benzene rings is 8. The fourth-order valence-electron chi connectivity index (χ4n) is 15.5. The van der Waals surface area contributed by atoms with Gasteiger partial charge in [-0.25, -0.2) is 9.97 Å². The van der Waals surface area contributed by atoms with Crippen LogP contribution < -0.4 is 4.74 Å². The lowest BCUT2D eigenvalue weighted by molar-refractivity contribution is 0.103. The predicted molar refractivity (Wildman–Crippen MR) is 355 cm³/mol. The number of nitrogens with zero attached hydrogens (tertiary/aromatic N) is 2. The van der Waals surface area contributed by atoms with Crippen LogP contribution in [-0.4, -0.2) is 31.7 Å². The Bertz CT molecular complexity index is 4310. The summed E-state index contributed by atoms with van der Waals surface area (Å²) in [6.07, 6.45) is 16.8. The number of fused-ring (bicyclic) bond motifs is 8. The maximum atomic E-state index is 16.2. The van der Waals surface area contributed by atoms with E-state index in [1.165, 1.54) is 36.8 Å². The van der Waals surface area contributed by atoms with Crippen LogP contribution in [0.25, 0.3) is 87.4 Å². The highest BCUT2D eigenvalue weighted by molar-refractivity contribution is 6.41. The van der Waals surface area contributed by atoms with Gasteiger partial charge in [0.2, 0.25) is 5.75 Å². The van der Waals surface area contributed by atoms with Crippen LogP contribution in [0.4, 0.5) is 0 Å². The summed E-state index contributed by atoms with van der Waals surface area (Å²) in [6.45, 7) is 27.4. The molecule has 8 aromatic carbocycles. The molecular weight excluding hydrogens is 1040 g/mol. The van der Waals surface area contributed by atoms with Gasteiger partial charge in [-0.1, -0.05) is 227 Å². The van der Waals surface area contributed by atoms with Gasteiger partial charge in [0.1, 0.15) is 11.3 Å². The van der Waals surface area contributed by atoms with Crippen molar-refractivity contribution in [2.45, 2.75) is 207 Å². The van der Waals surface area contributed by atoms with Crippen LogP contribution in [0.15, 0.2) is 97.1 Å². The maximum absolute atomic E-state index is 16.2. The minimum Gasteiger partial charge on any atom is -0.503 e. The first-order valence-corrected chi connectivity index (χ1v) is 32.2. The number of carbonyl (C=O) groups excluding carboxylic acids is 2. The molecule has 10 aromatic rings. The van der Waals surface area contributed by atoms with Crippen molar-refractivity contribution in [2.24, 2.45) is 0 Å². The molecule has 0 aliphatic heterocycles. The maximum Gasteiger partial charge on any atom is 0.203 e. The van der Waals surface area contributed by atoms with Crippen molar-refractivity contribution in [3.8, 4) is 45.5 Å². The lowest BCUT2D eigenvalue weighted by Crippen LogP contribution is -2.27. The van der Waals surface area contributed by atoms with E-state index < -0.39 is 10.8 Å². The molecule has 12 rings (SSSR count). The zero-order valence-electron chi connectivity index (χ0n) is 52.6. The number of unbranched alkanes of at least 4 members (excludes halogenated alkanes) is 8. The minimum atomic E-state index is -0.592. The van der Waals surface area contributed by atoms with Crippen LogP contribution in [-0.2, 0) is 21.7 Å². The zero-order valence-corrected chi connectivity index (χ0v) is 52.6. The van der Waals surface area contributed by atoms with Crippen LogP contribution >= 0.6 is 0 Å². The first kappa shape index (κ1) is 58.0.